The zero-order valence-corrected chi connectivity index (χ0v) is 19.4. The quantitative estimate of drug-likeness (QED) is 0.425. The highest BCUT2D eigenvalue weighted by Gasteiger charge is 2.21. The number of aryl methyl sites for hydroxylation is 1. The number of pyridine rings is 2. The van der Waals surface area contributed by atoms with Gasteiger partial charge in [-0.2, -0.15) is 10.3 Å². The van der Waals surface area contributed by atoms with E-state index in [9.17, 15) is 14.9 Å². The SMILES string of the molecule is COc1cccc(C(=O)N=c2c(C#N)cc3c(=O)n4cccc(C)c4nc3n2C[C@H]2CCCO2)c1. The van der Waals surface area contributed by atoms with Crippen molar-refractivity contribution in [3.8, 4) is 11.8 Å². The molecule has 1 amide bonds. The number of nitriles is 1. The van der Waals surface area contributed by atoms with E-state index in [4.69, 9.17) is 14.5 Å². The summed E-state index contributed by atoms with van der Waals surface area (Å²) in [7, 11) is 1.52. The van der Waals surface area contributed by atoms with Crippen molar-refractivity contribution >= 4 is 22.6 Å². The third-order valence-corrected chi connectivity index (χ3v) is 6.16. The highest BCUT2D eigenvalue weighted by molar-refractivity contribution is 5.95. The first kappa shape index (κ1) is 22.5. The number of methoxy groups -OCH3 is 1. The number of nitrogens with zero attached hydrogens (tertiary/aromatic N) is 5. The van der Waals surface area contributed by atoms with Gasteiger partial charge in [0.05, 0.1) is 30.7 Å². The number of carbonyl (C=O) groups excluding carboxylic acids is 1. The van der Waals surface area contributed by atoms with E-state index in [0.717, 1.165) is 18.4 Å². The molecule has 1 aliphatic rings. The first-order valence-electron chi connectivity index (χ1n) is 11.3. The van der Waals surface area contributed by atoms with E-state index < -0.39 is 5.91 Å². The van der Waals surface area contributed by atoms with Crippen molar-refractivity contribution in [3.05, 3.63) is 81.2 Å². The van der Waals surface area contributed by atoms with Crippen LogP contribution in [0.4, 0.5) is 0 Å². The van der Waals surface area contributed by atoms with Gasteiger partial charge in [-0.1, -0.05) is 12.1 Å². The van der Waals surface area contributed by atoms with Crippen molar-refractivity contribution in [2.75, 3.05) is 13.7 Å². The average Bonchev–Trinajstić information content (AvgIpc) is 3.39. The average molecular weight is 470 g/mol. The topological polar surface area (TPSA) is 111 Å². The van der Waals surface area contributed by atoms with Crippen molar-refractivity contribution in [2.45, 2.75) is 32.4 Å². The molecule has 0 saturated carbocycles. The second kappa shape index (κ2) is 9.16. The fourth-order valence-corrected chi connectivity index (χ4v) is 4.37. The van der Waals surface area contributed by atoms with Gasteiger partial charge in [-0.3, -0.25) is 14.0 Å². The zero-order chi connectivity index (χ0) is 24.5. The predicted molar refractivity (Wildman–Crippen MR) is 128 cm³/mol. The number of carbonyl (C=O) groups is 1. The molecule has 4 aromatic rings. The van der Waals surface area contributed by atoms with Crippen LogP contribution in [0.25, 0.3) is 16.7 Å². The van der Waals surface area contributed by atoms with Crippen LogP contribution >= 0.6 is 0 Å². The van der Waals surface area contributed by atoms with Crippen LogP contribution in [0.1, 0.15) is 34.3 Å². The molecule has 1 aromatic carbocycles. The molecule has 0 bridgehead atoms. The largest absolute Gasteiger partial charge is 0.497 e. The lowest BCUT2D eigenvalue weighted by Crippen LogP contribution is -2.33. The van der Waals surface area contributed by atoms with Gasteiger partial charge in [0.15, 0.2) is 5.49 Å². The van der Waals surface area contributed by atoms with Gasteiger partial charge in [-0.15, -0.1) is 0 Å². The zero-order valence-electron chi connectivity index (χ0n) is 19.4. The summed E-state index contributed by atoms with van der Waals surface area (Å²) in [5, 5.41) is 10.2. The maximum Gasteiger partial charge on any atom is 0.279 e. The summed E-state index contributed by atoms with van der Waals surface area (Å²) in [6.45, 7) is 2.82. The van der Waals surface area contributed by atoms with Crippen molar-refractivity contribution in [1.82, 2.24) is 14.0 Å². The third-order valence-electron chi connectivity index (χ3n) is 6.16. The normalized spacial score (nSPS) is 16.0. The molecule has 5 rings (SSSR count). The fourth-order valence-electron chi connectivity index (χ4n) is 4.37. The standard InChI is InChI=1S/C26H23N5O4/c1-16-6-4-10-30-22(16)28-24-21(26(30)33)13-18(14-27)23(31(24)15-20-9-5-11-35-20)29-25(32)17-7-3-8-19(12-17)34-2/h3-4,6-8,10,12-13,20H,5,9,11,15H2,1-2H3/t20-/m1/s1. The number of amides is 1. The van der Waals surface area contributed by atoms with Crippen LogP contribution in [-0.2, 0) is 11.3 Å². The predicted octanol–water partition coefficient (Wildman–Crippen LogP) is 2.76. The molecule has 4 heterocycles. The summed E-state index contributed by atoms with van der Waals surface area (Å²) in [4.78, 5) is 35.7. The number of rotatable bonds is 4. The second-order valence-corrected chi connectivity index (χ2v) is 8.43. The van der Waals surface area contributed by atoms with Crippen molar-refractivity contribution in [2.24, 2.45) is 4.99 Å². The summed E-state index contributed by atoms with van der Waals surface area (Å²) in [5.74, 6) is -0.0107. The van der Waals surface area contributed by atoms with E-state index in [1.807, 2.05) is 13.0 Å². The first-order valence-corrected chi connectivity index (χ1v) is 11.3. The Labute approximate surface area is 200 Å². The first-order chi connectivity index (χ1) is 17.0. The van der Waals surface area contributed by atoms with Gasteiger partial charge in [0.1, 0.15) is 23.1 Å². The second-order valence-electron chi connectivity index (χ2n) is 8.43. The molecule has 9 heteroatoms. The molecule has 9 nitrogen and oxygen atoms in total. The van der Waals surface area contributed by atoms with E-state index in [2.05, 4.69) is 11.1 Å². The Bertz CT molecular complexity index is 1640. The van der Waals surface area contributed by atoms with Gasteiger partial charge in [-0.05, 0) is 55.7 Å². The van der Waals surface area contributed by atoms with Crippen LogP contribution in [0.15, 0.2) is 58.4 Å². The summed E-state index contributed by atoms with van der Waals surface area (Å²) in [6.07, 6.45) is 3.24. The number of aromatic nitrogens is 3. The van der Waals surface area contributed by atoms with Crippen molar-refractivity contribution in [1.29, 1.82) is 5.26 Å². The molecule has 0 aliphatic carbocycles. The van der Waals surface area contributed by atoms with Crippen molar-refractivity contribution < 1.29 is 14.3 Å². The molecule has 3 aromatic heterocycles. The van der Waals surface area contributed by atoms with Crippen LogP contribution in [-0.4, -0.2) is 39.7 Å². The summed E-state index contributed by atoms with van der Waals surface area (Å²) >= 11 is 0. The molecule has 35 heavy (non-hydrogen) atoms. The maximum absolute atomic E-state index is 13.4. The highest BCUT2D eigenvalue weighted by Crippen LogP contribution is 2.18. The third kappa shape index (κ3) is 4.09. The summed E-state index contributed by atoms with van der Waals surface area (Å²) < 4.78 is 14.2. The van der Waals surface area contributed by atoms with E-state index in [1.54, 1.807) is 41.1 Å². The molecular formula is C26H23N5O4. The number of hydrogen-bond donors (Lipinski definition) is 0. The maximum atomic E-state index is 13.4. The Morgan fingerprint density at radius 3 is 2.89 bits per heavy atom. The van der Waals surface area contributed by atoms with E-state index in [-0.39, 0.29) is 28.1 Å². The van der Waals surface area contributed by atoms with E-state index in [0.29, 0.717) is 35.8 Å². The smallest absolute Gasteiger partial charge is 0.279 e. The van der Waals surface area contributed by atoms with Gasteiger partial charge in [0.25, 0.3) is 11.5 Å². The molecule has 1 fully saturated rings. The van der Waals surface area contributed by atoms with Gasteiger partial charge < -0.3 is 14.0 Å². The highest BCUT2D eigenvalue weighted by atomic mass is 16.5. The van der Waals surface area contributed by atoms with Crippen LogP contribution in [0, 0.1) is 18.3 Å². The van der Waals surface area contributed by atoms with Gasteiger partial charge in [0.2, 0.25) is 0 Å². The number of hydrogen-bond acceptors (Lipinski definition) is 6. The molecule has 1 atom stereocenters. The van der Waals surface area contributed by atoms with Crippen LogP contribution in [0.5, 0.6) is 5.75 Å². The lowest BCUT2D eigenvalue weighted by molar-refractivity contribution is 0.0952. The Morgan fingerprint density at radius 1 is 1.29 bits per heavy atom. The van der Waals surface area contributed by atoms with Gasteiger partial charge in [0, 0.05) is 18.4 Å². The molecule has 1 aliphatic heterocycles. The Balaban J connectivity index is 1.83. The molecule has 0 spiro atoms. The minimum absolute atomic E-state index is 0.109. The van der Waals surface area contributed by atoms with Crippen LogP contribution in [0.2, 0.25) is 0 Å². The number of ether oxygens (including phenoxy) is 2. The molecule has 0 N–H and O–H groups in total. The van der Waals surface area contributed by atoms with Gasteiger partial charge in [-0.25, -0.2) is 4.98 Å². The van der Waals surface area contributed by atoms with Crippen LogP contribution in [0.3, 0.4) is 0 Å². The minimum atomic E-state index is -0.533. The van der Waals surface area contributed by atoms with Crippen molar-refractivity contribution in [3.63, 3.8) is 0 Å². The monoisotopic (exact) mass is 469 g/mol. The lowest BCUT2D eigenvalue weighted by Gasteiger charge is -2.17. The number of benzene rings is 1. The molecular weight excluding hydrogens is 446 g/mol. The van der Waals surface area contributed by atoms with E-state index in [1.165, 1.54) is 17.6 Å². The molecule has 0 radical (unpaired) electrons. The Kier molecular flexibility index (Phi) is 5.89. The fraction of sp³-hybridized carbons (Fsp3) is 0.269. The number of fused-ring (bicyclic) bond motifs is 2. The Morgan fingerprint density at radius 2 is 2.14 bits per heavy atom. The molecule has 176 valence electrons. The molecule has 0 unspecified atom stereocenters. The minimum Gasteiger partial charge on any atom is -0.497 e. The summed E-state index contributed by atoms with van der Waals surface area (Å²) in [5.41, 5.74) is 1.96. The lowest BCUT2D eigenvalue weighted by atomic mass is 10.1. The van der Waals surface area contributed by atoms with E-state index >= 15 is 0 Å². The molecule has 1 saturated heterocycles. The van der Waals surface area contributed by atoms with Gasteiger partial charge >= 0.3 is 0 Å². The van der Waals surface area contributed by atoms with Crippen LogP contribution < -0.4 is 15.8 Å². The Hall–Kier alpha value is -4.29. The summed E-state index contributed by atoms with van der Waals surface area (Å²) in [6, 6.07) is 13.9.